The van der Waals surface area contributed by atoms with Gasteiger partial charge in [-0.2, -0.15) is 5.26 Å². The standard InChI is InChI=1S/C16H25N.CN/c1-14(2)8-5-9-15(3)10-6-11-16(4)12-7-13-17;1-2/h8,10,12H,5-7,9,11H2,1-4H3;/q;-1. The zero-order valence-corrected chi connectivity index (χ0v) is 12.7. The molecular formula is C17H25N2-. The molecule has 0 atom stereocenters. The molecule has 2 heteroatoms. The van der Waals surface area contributed by atoms with Crippen LogP contribution in [0.25, 0.3) is 0 Å². The van der Waals surface area contributed by atoms with E-state index in [1.807, 2.05) is 6.08 Å². The summed E-state index contributed by atoms with van der Waals surface area (Å²) in [4.78, 5) is 0. The summed E-state index contributed by atoms with van der Waals surface area (Å²) in [6.45, 7) is 13.3. The van der Waals surface area contributed by atoms with Gasteiger partial charge in [-0.1, -0.05) is 34.9 Å². The number of allylic oxidation sites excluding steroid dienone is 6. The van der Waals surface area contributed by atoms with Crippen LogP contribution in [0, 0.1) is 23.2 Å². The van der Waals surface area contributed by atoms with E-state index >= 15 is 0 Å². The van der Waals surface area contributed by atoms with Crippen molar-refractivity contribution in [2.24, 2.45) is 0 Å². The average Bonchev–Trinajstić information content (AvgIpc) is 2.38. The molecule has 19 heavy (non-hydrogen) atoms. The minimum atomic E-state index is 0.537. The summed E-state index contributed by atoms with van der Waals surface area (Å²) in [5.41, 5.74) is 4.18. The van der Waals surface area contributed by atoms with E-state index in [9.17, 15) is 0 Å². The largest absolute Gasteiger partial charge is 0.512 e. The first-order valence-electron chi connectivity index (χ1n) is 6.60. The fraction of sp³-hybridized carbons (Fsp3) is 0.529. The third kappa shape index (κ3) is 16.2. The Morgan fingerprint density at radius 1 is 0.895 bits per heavy atom. The molecule has 104 valence electrons. The van der Waals surface area contributed by atoms with E-state index in [0.29, 0.717) is 6.42 Å². The Bertz CT molecular complexity index is 372. The van der Waals surface area contributed by atoms with Gasteiger partial charge in [-0.15, -0.1) is 0 Å². The Morgan fingerprint density at radius 3 is 1.84 bits per heavy atom. The lowest BCUT2D eigenvalue weighted by Crippen LogP contribution is -1.80. The highest BCUT2D eigenvalue weighted by Gasteiger charge is 1.91. The lowest BCUT2D eigenvalue weighted by molar-refractivity contribution is 0.915. The number of rotatable bonds is 7. The topological polar surface area (TPSA) is 47.6 Å². The monoisotopic (exact) mass is 257 g/mol. The van der Waals surface area contributed by atoms with Crippen molar-refractivity contribution in [3.63, 3.8) is 0 Å². The van der Waals surface area contributed by atoms with E-state index in [-0.39, 0.29) is 0 Å². The summed E-state index contributed by atoms with van der Waals surface area (Å²) in [5.74, 6) is 0. The van der Waals surface area contributed by atoms with Crippen LogP contribution in [0.5, 0.6) is 0 Å². The fourth-order valence-electron chi connectivity index (χ4n) is 1.56. The Kier molecular flexibility index (Phi) is 14.7. The van der Waals surface area contributed by atoms with E-state index in [0.717, 1.165) is 25.7 Å². The van der Waals surface area contributed by atoms with Gasteiger partial charge < -0.3 is 11.8 Å². The van der Waals surface area contributed by atoms with Gasteiger partial charge in [-0.05, 0) is 53.4 Å². The Morgan fingerprint density at radius 2 is 1.37 bits per heavy atom. The molecule has 0 aromatic rings. The van der Waals surface area contributed by atoms with E-state index in [1.54, 1.807) is 0 Å². The number of nitrogens with zero attached hydrogens (tertiary/aromatic N) is 2. The Balaban J connectivity index is 0. The van der Waals surface area contributed by atoms with Gasteiger partial charge in [0.15, 0.2) is 0 Å². The second-order valence-corrected chi connectivity index (χ2v) is 4.82. The zero-order valence-electron chi connectivity index (χ0n) is 12.7. The number of hydrogen-bond acceptors (Lipinski definition) is 2. The van der Waals surface area contributed by atoms with Gasteiger partial charge in [0, 0.05) is 0 Å². The van der Waals surface area contributed by atoms with Gasteiger partial charge in [0.1, 0.15) is 0 Å². The predicted molar refractivity (Wildman–Crippen MR) is 80.6 cm³/mol. The first-order chi connectivity index (χ1) is 9.06. The number of hydrogen-bond donors (Lipinski definition) is 0. The van der Waals surface area contributed by atoms with Crippen molar-refractivity contribution < 1.29 is 0 Å². The second kappa shape index (κ2) is 14.3. The summed E-state index contributed by atoms with van der Waals surface area (Å²) < 4.78 is 0. The molecule has 0 fully saturated rings. The minimum absolute atomic E-state index is 0.537. The van der Waals surface area contributed by atoms with Crippen LogP contribution in [0.4, 0.5) is 0 Å². The zero-order chi connectivity index (χ0) is 15.1. The molecule has 0 aliphatic rings. The molecule has 0 unspecified atom stereocenters. The third-order valence-corrected chi connectivity index (χ3v) is 2.66. The van der Waals surface area contributed by atoms with Gasteiger partial charge in [0.05, 0.1) is 12.5 Å². The quantitative estimate of drug-likeness (QED) is 0.452. The molecule has 0 bridgehead atoms. The van der Waals surface area contributed by atoms with Crippen LogP contribution in [-0.4, -0.2) is 0 Å². The maximum absolute atomic E-state index is 8.46. The van der Waals surface area contributed by atoms with Gasteiger partial charge in [0.25, 0.3) is 0 Å². The van der Waals surface area contributed by atoms with E-state index in [1.165, 1.54) is 16.7 Å². The highest BCUT2D eigenvalue weighted by atomic mass is 14.2. The average molecular weight is 257 g/mol. The smallest absolute Gasteiger partial charge is 0.0663 e. The molecule has 0 rings (SSSR count). The third-order valence-electron chi connectivity index (χ3n) is 2.66. The van der Waals surface area contributed by atoms with Crippen molar-refractivity contribution in [2.75, 3.05) is 0 Å². The summed E-state index contributed by atoms with van der Waals surface area (Å²) in [6.07, 6.45) is 11.6. The fourth-order valence-corrected chi connectivity index (χ4v) is 1.56. The van der Waals surface area contributed by atoms with Crippen LogP contribution in [0.1, 0.15) is 59.8 Å². The highest BCUT2D eigenvalue weighted by molar-refractivity contribution is 5.06. The van der Waals surface area contributed by atoms with Crippen LogP contribution in [0.3, 0.4) is 0 Å². The van der Waals surface area contributed by atoms with Crippen molar-refractivity contribution in [1.29, 1.82) is 10.5 Å². The van der Waals surface area contributed by atoms with E-state index < -0.39 is 0 Å². The lowest BCUT2D eigenvalue weighted by Gasteiger charge is -2.00. The van der Waals surface area contributed by atoms with Gasteiger partial charge in [-0.3, -0.25) is 0 Å². The molecule has 0 radical (unpaired) electrons. The molecule has 0 aromatic heterocycles. The SMILES string of the molecule is CC(C)=CCCC(C)=CCCC(C)=CCC#N.[C-]#N. The molecule has 0 saturated carbocycles. The predicted octanol–water partition coefficient (Wildman–Crippen LogP) is 5.42. The molecule has 0 aliphatic heterocycles. The molecule has 0 aliphatic carbocycles. The number of nitriles is 1. The van der Waals surface area contributed by atoms with Crippen LogP contribution in [0.2, 0.25) is 0 Å². The first kappa shape index (κ1) is 19.5. The molecule has 2 nitrogen and oxygen atoms in total. The molecule has 0 heterocycles. The van der Waals surface area contributed by atoms with Gasteiger partial charge in [-0.25, -0.2) is 0 Å². The summed E-state index contributed by atoms with van der Waals surface area (Å²) >= 11 is 0. The van der Waals surface area contributed by atoms with Crippen molar-refractivity contribution in [1.82, 2.24) is 0 Å². The van der Waals surface area contributed by atoms with Crippen LogP contribution in [-0.2, 0) is 0 Å². The molecular weight excluding hydrogens is 232 g/mol. The first-order valence-corrected chi connectivity index (χ1v) is 6.60. The molecule has 0 amide bonds. The Labute approximate surface area is 118 Å². The summed E-state index contributed by atoms with van der Waals surface area (Å²) in [6, 6.07) is 2.14. The van der Waals surface area contributed by atoms with Crippen molar-refractivity contribution >= 4 is 0 Å². The van der Waals surface area contributed by atoms with Crippen LogP contribution >= 0.6 is 0 Å². The maximum atomic E-state index is 8.46. The molecule has 0 N–H and O–H groups in total. The van der Waals surface area contributed by atoms with E-state index in [4.69, 9.17) is 17.1 Å². The van der Waals surface area contributed by atoms with Crippen molar-refractivity contribution in [3.05, 3.63) is 41.5 Å². The van der Waals surface area contributed by atoms with E-state index in [2.05, 4.69) is 45.9 Å². The van der Waals surface area contributed by atoms with Crippen molar-refractivity contribution in [3.8, 4) is 6.07 Å². The summed E-state index contributed by atoms with van der Waals surface area (Å²) in [7, 11) is 0. The van der Waals surface area contributed by atoms with Gasteiger partial charge in [0.2, 0.25) is 0 Å². The highest BCUT2D eigenvalue weighted by Crippen LogP contribution is 2.11. The normalized spacial score (nSPS) is 11.0. The second-order valence-electron chi connectivity index (χ2n) is 4.82. The molecule has 0 saturated heterocycles. The van der Waals surface area contributed by atoms with Crippen LogP contribution in [0.15, 0.2) is 34.9 Å². The summed E-state index contributed by atoms with van der Waals surface area (Å²) in [5, 5.41) is 14.7. The lowest BCUT2D eigenvalue weighted by atomic mass is 10.1. The van der Waals surface area contributed by atoms with Gasteiger partial charge >= 0.3 is 0 Å². The van der Waals surface area contributed by atoms with Crippen LogP contribution < -0.4 is 0 Å². The Hall–Kier alpha value is -1.80. The molecule has 0 spiro atoms. The minimum Gasteiger partial charge on any atom is -0.512 e. The maximum Gasteiger partial charge on any atom is 0.0663 e. The molecule has 0 aromatic carbocycles. The van der Waals surface area contributed by atoms with Crippen molar-refractivity contribution in [2.45, 2.75) is 59.8 Å².